The number of hydrogen-bond acceptors (Lipinski definition) is 2. The average Bonchev–Trinajstić information content (AvgIpc) is 2.77. The zero-order valence-corrected chi connectivity index (χ0v) is 10.8. The SMILES string of the molecule is Cc1cc(F)ccc1C(O)c1cncn1C(C)C. The van der Waals surface area contributed by atoms with Gasteiger partial charge >= 0.3 is 0 Å². The van der Waals surface area contributed by atoms with Gasteiger partial charge in [0.15, 0.2) is 0 Å². The molecule has 1 unspecified atom stereocenters. The van der Waals surface area contributed by atoms with E-state index < -0.39 is 6.10 Å². The lowest BCUT2D eigenvalue weighted by molar-refractivity contribution is 0.207. The number of halogens is 1. The third-order valence-corrected chi connectivity index (χ3v) is 3.06. The van der Waals surface area contributed by atoms with Gasteiger partial charge in [-0.1, -0.05) is 6.07 Å². The summed E-state index contributed by atoms with van der Waals surface area (Å²) in [4.78, 5) is 4.07. The van der Waals surface area contributed by atoms with Crippen molar-refractivity contribution in [3.63, 3.8) is 0 Å². The van der Waals surface area contributed by atoms with Gasteiger partial charge < -0.3 is 9.67 Å². The Labute approximate surface area is 106 Å². The predicted octanol–water partition coefficient (Wildman–Crippen LogP) is 2.99. The van der Waals surface area contributed by atoms with Crippen molar-refractivity contribution in [1.82, 2.24) is 9.55 Å². The summed E-state index contributed by atoms with van der Waals surface area (Å²) in [5, 5.41) is 10.4. The van der Waals surface area contributed by atoms with Crippen LogP contribution in [0.1, 0.15) is 42.8 Å². The molecule has 0 aliphatic carbocycles. The van der Waals surface area contributed by atoms with Crippen LogP contribution in [0.3, 0.4) is 0 Å². The summed E-state index contributed by atoms with van der Waals surface area (Å²) in [6.45, 7) is 5.84. The second-order valence-electron chi connectivity index (χ2n) is 4.72. The molecule has 0 aliphatic rings. The second kappa shape index (κ2) is 4.90. The lowest BCUT2D eigenvalue weighted by atomic mass is 10.0. The Morgan fingerprint density at radius 2 is 2.06 bits per heavy atom. The number of rotatable bonds is 3. The van der Waals surface area contributed by atoms with Gasteiger partial charge in [0, 0.05) is 6.04 Å². The van der Waals surface area contributed by atoms with Crippen LogP contribution in [0, 0.1) is 12.7 Å². The van der Waals surface area contributed by atoms with Gasteiger partial charge in [0.05, 0.1) is 18.2 Å². The van der Waals surface area contributed by atoms with Crippen molar-refractivity contribution in [2.75, 3.05) is 0 Å². The number of aromatic nitrogens is 2. The van der Waals surface area contributed by atoms with Crippen LogP contribution in [0.5, 0.6) is 0 Å². The van der Waals surface area contributed by atoms with Gasteiger partial charge in [-0.15, -0.1) is 0 Å². The highest BCUT2D eigenvalue weighted by Gasteiger charge is 2.18. The van der Waals surface area contributed by atoms with E-state index in [0.29, 0.717) is 5.56 Å². The quantitative estimate of drug-likeness (QED) is 0.906. The van der Waals surface area contributed by atoms with Crippen LogP contribution in [-0.2, 0) is 0 Å². The van der Waals surface area contributed by atoms with Crippen molar-refractivity contribution in [2.24, 2.45) is 0 Å². The summed E-state index contributed by atoms with van der Waals surface area (Å²) in [5.74, 6) is -0.291. The van der Waals surface area contributed by atoms with E-state index in [9.17, 15) is 9.50 Å². The molecule has 4 heteroatoms. The summed E-state index contributed by atoms with van der Waals surface area (Å²) < 4.78 is 15.0. The fraction of sp³-hybridized carbons (Fsp3) is 0.357. The van der Waals surface area contributed by atoms with Crippen molar-refractivity contribution < 1.29 is 9.50 Å². The molecule has 3 nitrogen and oxygen atoms in total. The molecule has 0 spiro atoms. The van der Waals surface area contributed by atoms with E-state index in [1.807, 2.05) is 18.4 Å². The lowest BCUT2D eigenvalue weighted by Gasteiger charge is -2.18. The molecule has 1 N–H and O–H groups in total. The van der Waals surface area contributed by atoms with Gasteiger partial charge in [-0.3, -0.25) is 0 Å². The highest BCUT2D eigenvalue weighted by Crippen LogP contribution is 2.26. The van der Waals surface area contributed by atoms with E-state index in [2.05, 4.69) is 4.98 Å². The minimum absolute atomic E-state index is 0.220. The van der Waals surface area contributed by atoms with Crippen molar-refractivity contribution in [3.8, 4) is 0 Å². The molecule has 0 amide bonds. The van der Waals surface area contributed by atoms with Crippen molar-refractivity contribution in [3.05, 3.63) is 53.4 Å². The van der Waals surface area contributed by atoms with E-state index in [1.54, 1.807) is 25.5 Å². The number of nitrogens with zero attached hydrogens (tertiary/aromatic N) is 2. The van der Waals surface area contributed by atoms with Gasteiger partial charge in [0.2, 0.25) is 0 Å². The molecule has 0 radical (unpaired) electrons. The van der Waals surface area contributed by atoms with Crippen molar-refractivity contribution >= 4 is 0 Å². The normalized spacial score (nSPS) is 13.0. The van der Waals surface area contributed by atoms with Gasteiger partial charge in [0.1, 0.15) is 11.9 Å². The molecule has 0 aliphatic heterocycles. The third-order valence-electron chi connectivity index (χ3n) is 3.06. The van der Waals surface area contributed by atoms with E-state index in [-0.39, 0.29) is 11.9 Å². The number of aliphatic hydroxyl groups is 1. The van der Waals surface area contributed by atoms with E-state index in [1.165, 1.54) is 12.1 Å². The highest BCUT2D eigenvalue weighted by atomic mass is 19.1. The van der Waals surface area contributed by atoms with E-state index in [0.717, 1.165) is 11.3 Å². The molecular weight excluding hydrogens is 231 g/mol. The molecule has 96 valence electrons. The van der Waals surface area contributed by atoms with Crippen LogP contribution in [0.4, 0.5) is 4.39 Å². The average molecular weight is 248 g/mol. The Balaban J connectivity index is 2.41. The fourth-order valence-corrected chi connectivity index (χ4v) is 2.06. The van der Waals surface area contributed by atoms with Gasteiger partial charge in [-0.25, -0.2) is 9.37 Å². The Morgan fingerprint density at radius 3 is 2.67 bits per heavy atom. The summed E-state index contributed by atoms with van der Waals surface area (Å²) in [6, 6.07) is 4.63. The molecule has 18 heavy (non-hydrogen) atoms. The maximum Gasteiger partial charge on any atom is 0.123 e. The molecule has 0 saturated heterocycles. The summed E-state index contributed by atoms with van der Waals surface area (Å²) in [5.41, 5.74) is 2.16. The standard InChI is InChI=1S/C14H17FN2O/c1-9(2)17-8-16-7-13(17)14(18)12-5-4-11(15)6-10(12)3/h4-9,14,18H,1-3H3. The molecule has 0 saturated carbocycles. The number of aliphatic hydroxyl groups excluding tert-OH is 1. The molecule has 1 atom stereocenters. The van der Waals surface area contributed by atoms with E-state index in [4.69, 9.17) is 0 Å². The minimum atomic E-state index is -0.782. The maximum atomic E-state index is 13.1. The van der Waals surface area contributed by atoms with Crippen LogP contribution in [-0.4, -0.2) is 14.7 Å². The second-order valence-corrected chi connectivity index (χ2v) is 4.72. The number of hydrogen-bond donors (Lipinski definition) is 1. The predicted molar refractivity (Wildman–Crippen MR) is 67.8 cm³/mol. The van der Waals surface area contributed by atoms with Crippen LogP contribution in [0.15, 0.2) is 30.7 Å². The topological polar surface area (TPSA) is 38.1 Å². The smallest absolute Gasteiger partial charge is 0.123 e. The van der Waals surface area contributed by atoms with Crippen molar-refractivity contribution in [1.29, 1.82) is 0 Å². The number of imidazole rings is 1. The van der Waals surface area contributed by atoms with Gasteiger partial charge in [-0.2, -0.15) is 0 Å². The Hall–Kier alpha value is -1.68. The first-order valence-electron chi connectivity index (χ1n) is 5.96. The van der Waals surface area contributed by atoms with Crippen molar-refractivity contribution in [2.45, 2.75) is 32.9 Å². The molecule has 1 heterocycles. The maximum absolute atomic E-state index is 13.1. The Kier molecular flexibility index (Phi) is 3.48. The van der Waals surface area contributed by atoms with Crippen LogP contribution in [0.25, 0.3) is 0 Å². The van der Waals surface area contributed by atoms with Crippen LogP contribution < -0.4 is 0 Å². The molecule has 1 aromatic carbocycles. The largest absolute Gasteiger partial charge is 0.382 e. The zero-order valence-electron chi connectivity index (χ0n) is 10.8. The van der Waals surface area contributed by atoms with Gasteiger partial charge in [0.25, 0.3) is 0 Å². The minimum Gasteiger partial charge on any atom is -0.382 e. The fourth-order valence-electron chi connectivity index (χ4n) is 2.06. The highest BCUT2D eigenvalue weighted by molar-refractivity contribution is 5.33. The molecule has 2 aromatic rings. The zero-order chi connectivity index (χ0) is 13.3. The molecule has 2 rings (SSSR count). The first-order chi connectivity index (χ1) is 8.50. The molecule has 0 fully saturated rings. The number of benzene rings is 1. The van der Waals surface area contributed by atoms with Crippen LogP contribution in [0.2, 0.25) is 0 Å². The Bertz CT molecular complexity index is 548. The van der Waals surface area contributed by atoms with Crippen LogP contribution >= 0.6 is 0 Å². The van der Waals surface area contributed by atoms with E-state index >= 15 is 0 Å². The lowest BCUT2D eigenvalue weighted by Crippen LogP contribution is -2.11. The first-order valence-corrected chi connectivity index (χ1v) is 5.96. The first kappa shape index (κ1) is 12.8. The summed E-state index contributed by atoms with van der Waals surface area (Å²) in [7, 11) is 0. The molecule has 0 bridgehead atoms. The molecule has 1 aromatic heterocycles. The molecular formula is C14H17FN2O. The number of aryl methyl sites for hydroxylation is 1. The van der Waals surface area contributed by atoms with Gasteiger partial charge in [-0.05, 0) is 44.0 Å². The monoisotopic (exact) mass is 248 g/mol. The third kappa shape index (κ3) is 2.29. The summed E-state index contributed by atoms with van der Waals surface area (Å²) >= 11 is 0. The summed E-state index contributed by atoms with van der Waals surface area (Å²) in [6.07, 6.45) is 2.56. The Morgan fingerprint density at radius 1 is 1.33 bits per heavy atom.